The van der Waals surface area contributed by atoms with Crippen LogP contribution in [0.2, 0.25) is 0 Å². The van der Waals surface area contributed by atoms with E-state index in [4.69, 9.17) is 5.73 Å². The largest absolute Gasteiger partial charge is 0.366 e. The zero-order valence-electron chi connectivity index (χ0n) is 12.2. The van der Waals surface area contributed by atoms with Gasteiger partial charge in [-0.25, -0.2) is 0 Å². The summed E-state index contributed by atoms with van der Waals surface area (Å²) in [6.07, 6.45) is 3.55. The van der Waals surface area contributed by atoms with Gasteiger partial charge in [0.15, 0.2) is 0 Å². The van der Waals surface area contributed by atoms with E-state index >= 15 is 0 Å². The van der Waals surface area contributed by atoms with Gasteiger partial charge in [0.05, 0.1) is 0 Å². The Labute approximate surface area is 111 Å². The zero-order chi connectivity index (χ0) is 13.3. The monoisotopic (exact) mass is 246 g/mol. The molecule has 0 bridgehead atoms. The fourth-order valence-electron chi connectivity index (χ4n) is 3.07. The van der Waals surface area contributed by atoms with Crippen LogP contribution in [0.25, 0.3) is 0 Å². The van der Waals surface area contributed by atoms with Crippen molar-refractivity contribution in [2.24, 2.45) is 5.73 Å². The molecule has 1 unspecified atom stereocenters. The predicted molar refractivity (Wildman–Crippen MR) is 79.2 cm³/mol. The first kappa shape index (κ1) is 13.4. The van der Waals surface area contributed by atoms with Crippen LogP contribution in [0.5, 0.6) is 0 Å². The van der Waals surface area contributed by atoms with Gasteiger partial charge in [-0.2, -0.15) is 0 Å². The van der Waals surface area contributed by atoms with Crippen LogP contribution in [0.15, 0.2) is 18.2 Å². The van der Waals surface area contributed by atoms with Crippen LogP contribution in [-0.4, -0.2) is 18.1 Å². The minimum atomic E-state index is 0.235. The van der Waals surface area contributed by atoms with Crippen LogP contribution in [0.1, 0.15) is 44.7 Å². The molecule has 0 aliphatic carbocycles. The van der Waals surface area contributed by atoms with E-state index in [1.807, 2.05) is 0 Å². The van der Waals surface area contributed by atoms with Gasteiger partial charge in [0.1, 0.15) is 0 Å². The lowest BCUT2D eigenvalue weighted by molar-refractivity contribution is 0.517. The summed E-state index contributed by atoms with van der Waals surface area (Å²) in [5, 5.41) is 0. The third-order valence-corrected chi connectivity index (χ3v) is 4.01. The van der Waals surface area contributed by atoms with Crippen molar-refractivity contribution < 1.29 is 0 Å². The van der Waals surface area contributed by atoms with Gasteiger partial charge >= 0.3 is 0 Å². The average Bonchev–Trinajstić information content (AvgIpc) is 2.57. The number of aryl methyl sites for hydroxylation is 1. The normalized spacial score (nSPS) is 20.2. The Morgan fingerprint density at radius 1 is 1.39 bits per heavy atom. The highest BCUT2D eigenvalue weighted by Gasteiger charge is 2.32. The standard InChI is InChI=1S/C16H26N2/c1-12-10-14(11-13(2)17)6-7-15(12)18-9-5-8-16(18,3)4/h6-7,10,13H,5,8-9,11,17H2,1-4H3. The molecule has 18 heavy (non-hydrogen) atoms. The summed E-state index contributed by atoms with van der Waals surface area (Å²) in [6.45, 7) is 10.1. The topological polar surface area (TPSA) is 29.3 Å². The highest BCUT2D eigenvalue weighted by molar-refractivity contribution is 5.57. The Morgan fingerprint density at radius 3 is 2.61 bits per heavy atom. The van der Waals surface area contributed by atoms with Crippen LogP contribution in [-0.2, 0) is 6.42 Å². The molecule has 0 spiro atoms. The summed E-state index contributed by atoms with van der Waals surface area (Å²) in [4.78, 5) is 2.55. The van der Waals surface area contributed by atoms with Crippen molar-refractivity contribution in [2.45, 2.75) is 58.5 Å². The molecule has 1 heterocycles. The molecule has 0 amide bonds. The van der Waals surface area contributed by atoms with E-state index in [-0.39, 0.29) is 6.04 Å². The van der Waals surface area contributed by atoms with E-state index in [0.29, 0.717) is 5.54 Å². The Morgan fingerprint density at radius 2 is 2.11 bits per heavy atom. The molecule has 0 saturated carbocycles. The highest BCUT2D eigenvalue weighted by Crippen LogP contribution is 2.35. The second kappa shape index (κ2) is 4.93. The van der Waals surface area contributed by atoms with Crippen LogP contribution >= 0.6 is 0 Å². The van der Waals surface area contributed by atoms with Crippen molar-refractivity contribution in [1.29, 1.82) is 0 Å². The molecule has 0 aromatic heterocycles. The Hall–Kier alpha value is -1.02. The minimum Gasteiger partial charge on any atom is -0.366 e. The molecule has 0 radical (unpaired) electrons. The number of rotatable bonds is 3. The van der Waals surface area contributed by atoms with E-state index in [1.165, 1.54) is 36.2 Å². The van der Waals surface area contributed by atoms with E-state index in [0.717, 1.165) is 6.42 Å². The first-order valence-corrected chi connectivity index (χ1v) is 7.03. The maximum Gasteiger partial charge on any atom is 0.0400 e. The molecule has 1 saturated heterocycles. The van der Waals surface area contributed by atoms with Gasteiger partial charge < -0.3 is 10.6 Å². The third kappa shape index (κ3) is 2.69. The zero-order valence-corrected chi connectivity index (χ0v) is 12.2. The van der Waals surface area contributed by atoms with Crippen molar-refractivity contribution in [1.82, 2.24) is 0 Å². The Bertz CT molecular complexity index is 421. The van der Waals surface area contributed by atoms with Crippen molar-refractivity contribution in [3.63, 3.8) is 0 Å². The second-order valence-corrected chi connectivity index (χ2v) is 6.37. The predicted octanol–water partition coefficient (Wildman–Crippen LogP) is 3.26. The van der Waals surface area contributed by atoms with Crippen molar-refractivity contribution in [3.8, 4) is 0 Å². The highest BCUT2D eigenvalue weighted by atomic mass is 15.2. The molecule has 2 nitrogen and oxygen atoms in total. The molecule has 1 fully saturated rings. The number of hydrogen-bond donors (Lipinski definition) is 1. The van der Waals surface area contributed by atoms with Gasteiger partial charge in [-0.1, -0.05) is 12.1 Å². The lowest BCUT2D eigenvalue weighted by atomic mass is 9.99. The van der Waals surface area contributed by atoms with Crippen LogP contribution in [0, 0.1) is 6.92 Å². The average molecular weight is 246 g/mol. The number of hydrogen-bond acceptors (Lipinski definition) is 2. The summed E-state index contributed by atoms with van der Waals surface area (Å²) < 4.78 is 0. The van der Waals surface area contributed by atoms with Crippen LogP contribution in [0.4, 0.5) is 5.69 Å². The number of anilines is 1. The molecule has 1 aliphatic heterocycles. The smallest absolute Gasteiger partial charge is 0.0400 e. The molecule has 1 aliphatic rings. The molecule has 2 N–H and O–H groups in total. The Kier molecular flexibility index (Phi) is 3.67. The van der Waals surface area contributed by atoms with Crippen LogP contribution < -0.4 is 10.6 Å². The van der Waals surface area contributed by atoms with Crippen molar-refractivity contribution in [2.75, 3.05) is 11.4 Å². The van der Waals surface area contributed by atoms with E-state index in [1.54, 1.807) is 0 Å². The molecule has 2 rings (SSSR count). The molecular weight excluding hydrogens is 220 g/mol. The molecule has 1 atom stereocenters. The summed E-state index contributed by atoms with van der Waals surface area (Å²) in [5.41, 5.74) is 10.3. The van der Waals surface area contributed by atoms with Gasteiger partial charge in [0, 0.05) is 23.8 Å². The fourth-order valence-corrected chi connectivity index (χ4v) is 3.07. The Balaban J connectivity index is 2.25. The SMILES string of the molecule is Cc1cc(CC(C)N)ccc1N1CCCC1(C)C. The van der Waals surface area contributed by atoms with Crippen molar-refractivity contribution >= 4 is 5.69 Å². The lowest BCUT2D eigenvalue weighted by Crippen LogP contribution is -2.38. The second-order valence-electron chi connectivity index (χ2n) is 6.37. The number of benzene rings is 1. The van der Waals surface area contributed by atoms with E-state index < -0.39 is 0 Å². The van der Waals surface area contributed by atoms with Gasteiger partial charge in [-0.3, -0.25) is 0 Å². The minimum absolute atomic E-state index is 0.235. The summed E-state index contributed by atoms with van der Waals surface area (Å²) in [7, 11) is 0. The first-order valence-electron chi connectivity index (χ1n) is 7.03. The maximum absolute atomic E-state index is 5.87. The number of nitrogens with zero attached hydrogens (tertiary/aromatic N) is 1. The van der Waals surface area contributed by atoms with E-state index in [2.05, 4.69) is 50.8 Å². The first-order chi connectivity index (χ1) is 8.40. The fraction of sp³-hybridized carbons (Fsp3) is 0.625. The maximum atomic E-state index is 5.87. The van der Waals surface area contributed by atoms with E-state index in [9.17, 15) is 0 Å². The third-order valence-electron chi connectivity index (χ3n) is 4.01. The summed E-state index contributed by atoms with van der Waals surface area (Å²) in [6, 6.07) is 7.05. The lowest BCUT2D eigenvalue weighted by Gasteiger charge is -2.35. The summed E-state index contributed by atoms with van der Waals surface area (Å²) in [5.74, 6) is 0. The summed E-state index contributed by atoms with van der Waals surface area (Å²) >= 11 is 0. The van der Waals surface area contributed by atoms with Gasteiger partial charge in [0.2, 0.25) is 0 Å². The van der Waals surface area contributed by atoms with Gasteiger partial charge in [-0.05, 0) is 64.2 Å². The molecular formula is C16H26N2. The number of nitrogens with two attached hydrogens (primary N) is 1. The van der Waals surface area contributed by atoms with Gasteiger partial charge in [0.25, 0.3) is 0 Å². The molecule has 1 aromatic carbocycles. The molecule has 100 valence electrons. The van der Waals surface area contributed by atoms with Gasteiger partial charge in [-0.15, -0.1) is 0 Å². The quantitative estimate of drug-likeness (QED) is 0.887. The van der Waals surface area contributed by atoms with Crippen molar-refractivity contribution in [3.05, 3.63) is 29.3 Å². The van der Waals surface area contributed by atoms with Crippen LogP contribution in [0.3, 0.4) is 0 Å². The molecule has 2 heteroatoms. The molecule has 1 aromatic rings.